The molecule has 0 aliphatic carbocycles. The molecule has 0 aliphatic heterocycles. The number of nitrogens with one attached hydrogen (secondary N) is 2. The molecule has 3 rings (SSSR count). The molecule has 36 heavy (non-hydrogen) atoms. The number of aromatic nitrogens is 3. The predicted octanol–water partition coefficient (Wildman–Crippen LogP) is 5.12. The molecule has 0 aliphatic rings. The third-order valence-electron chi connectivity index (χ3n) is 5.18. The van der Waals surface area contributed by atoms with E-state index in [9.17, 15) is 14.0 Å². The highest BCUT2D eigenvalue weighted by atomic mass is 35.5. The molecule has 2 aromatic carbocycles. The van der Waals surface area contributed by atoms with E-state index in [1.54, 1.807) is 37.5 Å². The standard InChI is InChI=1S/C25H27ClFN5O3S/c1-5-12-32-23(22(15(2)3)29-24(34)16-6-9-18(35-4)10-7-16)30-31-25(32)36-14-21(33)28-17-8-11-20(27)19(26)13-17/h5-11,13,15,22H,1,12,14H2,2-4H3,(H,28,33)(H,29,34). The topological polar surface area (TPSA) is 98.1 Å². The second-order valence-corrected chi connectivity index (χ2v) is 9.48. The Labute approximate surface area is 218 Å². The fourth-order valence-corrected chi connectivity index (χ4v) is 4.27. The molecule has 11 heteroatoms. The molecule has 0 fully saturated rings. The molecule has 3 aromatic rings. The smallest absolute Gasteiger partial charge is 0.251 e. The van der Waals surface area contributed by atoms with Crippen LogP contribution in [-0.4, -0.2) is 39.4 Å². The van der Waals surface area contributed by atoms with E-state index in [1.165, 1.54) is 30.0 Å². The van der Waals surface area contributed by atoms with E-state index in [0.717, 1.165) is 0 Å². The second kappa shape index (κ2) is 12.5. The average Bonchev–Trinajstić information content (AvgIpc) is 3.25. The third kappa shape index (κ3) is 6.86. The first-order chi connectivity index (χ1) is 17.2. The zero-order valence-corrected chi connectivity index (χ0v) is 21.7. The Kier molecular flexibility index (Phi) is 9.49. The van der Waals surface area contributed by atoms with Gasteiger partial charge in [-0.2, -0.15) is 0 Å². The number of allylic oxidation sites excluding steroid dienone is 1. The van der Waals surface area contributed by atoms with Gasteiger partial charge in [0.05, 0.1) is 23.9 Å². The number of amides is 2. The Balaban J connectivity index is 1.74. The summed E-state index contributed by atoms with van der Waals surface area (Å²) in [7, 11) is 1.56. The fourth-order valence-electron chi connectivity index (χ4n) is 3.33. The zero-order valence-electron chi connectivity index (χ0n) is 20.1. The first kappa shape index (κ1) is 27.2. The lowest BCUT2D eigenvalue weighted by molar-refractivity contribution is -0.113. The lowest BCUT2D eigenvalue weighted by Crippen LogP contribution is -2.33. The number of carbonyl (C=O) groups excluding carboxylic acids is 2. The van der Waals surface area contributed by atoms with Gasteiger partial charge in [0.25, 0.3) is 5.91 Å². The van der Waals surface area contributed by atoms with Crippen LogP contribution in [0.3, 0.4) is 0 Å². The van der Waals surface area contributed by atoms with Gasteiger partial charge in [-0.3, -0.25) is 9.59 Å². The molecule has 0 spiro atoms. The number of ether oxygens (including phenoxy) is 1. The van der Waals surface area contributed by atoms with Gasteiger partial charge in [-0.1, -0.05) is 43.3 Å². The van der Waals surface area contributed by atoms with Crippen molar-refractivity contribution in [1.82, 2.24) is 20.1 Å². The normalized spacial score (nSPS) is 11.7. The molecule has 190 valence electrons. The van der Waals surface area contributed by atoms with Gasteiger partial charge in [0.2, 0.25) is 5.91 Å². The summed E-state index contributed by atoms with van der Waals surface area (Å²) in [4.78, 5) is 25.4. The first-order valence-electron chi connectivity index (χ1n) is 11.1. The van der Waals surface area contributed by atoms with Crippen LogP contribution in [0.25, 0.3) is 0 Å². The second-order valence-electron chi connectivity index (χ2n) is 8.13. The van der Waals surface area contributed by atoms with Crippen LogP contribution < -0.4 is 15.4 Å². The van der Waals surface area contributed by atoms with Crippen molar-refractivity contribution in [2.75, 3.05) is 18.2 Å². The van der Waals surface area contributed by atoms with Gasteiger partial charge >= 0.3 is 0 Å². The summed E-state index contributed by atoms with van der Waals surface area (Å²) in [6, 6.07) is 10.3. The molecule has 0 bridgehead atoms. The number of anilines is 1. The number of nitrogens with zero attached hydrogens (tertiary/aromatic N) is 3. The van der Waals surface area contributed by atoms with Gasteiger partial charge in [0.1, 0.15) is 11.6 Å². The van der Waals surface area contributed by atoms with Crippen LogP contribution in [0.15, 0.2) is 60.3 Å². The van der Waals surface area contributed by atoms with E-state index >= 15 is 0 Å². The van der Waals surface area contributed by atoms with Gasteiger partial charge in [-0.25, -0.2) is 4.39 Å². The van der Waals surface area contributed by atoms with Crippen molar-refractivity contribution in [3.63, 3.8) is 0 Å². The molecule has 8 nitrogen and oxygen atoms in total. The predicted molar refractivity (Wildman–Crippen MR) is 139 cm³/mol. The number of hydrogen-bond donors (Lipinski definition) is 2. The molecular weight excluding hydrogens is 505 g/mol. The molecule has 0 radical (unpaired) electrons. The Hall–Kier alpha value is -3.37. The van der Waals surface area contributed by atoms with E-state index in [0.29, 0.717) is 34.5 Å². The number of methoxy groups -OCH3 is 1. The maximum Gasteiger partial charge on any atom is 0.251 e. The maximum absolute atomic E-state index is 13.3. The number of hydrogen-bond acceptors (Lipinski definition) is 6. The summed E-state index contributed by atoms with van der Waals surface area (Å²) in [6.45, 7) is 8.14. The van der Waals surface area contributed by atoms with Crippen molar-refractivity contribution in [1.29, 1.82) is 0 Å². The molecule has 2 amide bonds. The van der Waals surface area contributed by atoms with Gasteiger partial charge in [-0.05, 0) is 48.4 Å². The largest absolute Gasteiger partial charge is 0.497 e. The summed E-state index contributed by atoms with van der Waals surface area (Å²) in [6.07, 6.45) is 1.69. The molecule has 1 heterocycles. The minimum atomic E-state index is -0.562. The third-order valence-corrected chi connectivity index (χ3v) is 6.43. The van der Waals surface area contributed by atoms with Gasteiger partial charge in [0.15, 0.2) is 11.0 Å². The van der Waals surface area contributed by atoms with Crippen LogP contribution in [0.4, 0.5) is 10.1 Å². The lowest BCUT2D eigenvalue weighted by Gasteiger charge is -2.22. The summed E-state index contributed by atoms with van der Waals surface area (Å²) < 4.78 is 20.3. The summed E-state index contributed by atoms with van der Waals surface area (Å²) in [5.74, 6) is 0.124. The van der Waals surface area contributed by atoms with Crippen molar-refractivity contribution < 1.29 is 18.7 Å². The fraction of sp³-hybridized carbons (Fsp3) is 0.280. The van der Waals surface area contributed by atoms with E-state index in [1.807, 2.05) is 18.4 Å². The quantitative estimate of drug-likeness (QED) is 0.263. The highest BCUT2D eigenvalue weighted by molar-refractivity contribution is 7.99. The lowest BCUT2D eigenvalue weighted by atomic mass is 10.0. The summed E-state index contributed by atoms with van der Waals surface area (Å²) >= 11 is 6.96. The van der Waals surface area contributed by atoms with Crippen molar-refractivity contribution >= 4 is 40.9 Å². The molecular formula is C25H27ClFN5O3S. The Morgan fingerprint density at radius 1 is 1.22 bits per heavy atom. The van der Waals surface area contributed by atoms with E-state index < -0.39 is 11.9 Å². The number of benzene rings is 2. The van der Waals surface area contributed by atoms with Crippen LogP contribution in [-0.2, 0) is 11.3 Å². The van der Waals surface area contributed by atoms with Crippen molar-refractivity contribution in [2.45, 2.75) is 31.6 Å². The average molecular weight is 532 g/mol. The Morgan fingerprint density at radius 3 is 2.56 bits per heavy atom. The van der Waals surface area contributed by atoms with Crippen molar-refractivity contribution in [2.24, 2.45) is 5.92 Å². The maximum atomic E-state index is 13.3. The molecule has 1 unspecified atom stereocenters. The van der Waals surface area contributed by atoms with Gasteiger partial charge in [-0.15, -0.1) is 16.8 Å². The number of carbonyl (C=O) groups is 2. The van der Waals surface area contributed by atoms with Crippen molar-refractivity contribution in [3.8, 4) is 5.75 Å². The van der Waals surface area contributed by atoms with Gasteiger partial charge in [0, 0.05) is 17.8 Å². The Morgan fingerprint density at radius 2 is 1.94 bits per heavy atom. The molecule has 1 atom stereocenters. The van der Waals surface area contributed by atoms with E-state index in [4.69, 9.17) is 16.3 Å². The molecule has 1 aromatic heterocycles. The monoisotopic (exact) mass is 531 g/mol. The van der Waals surface area contributed by atoms with Crippen LogP contribution in [0, 0.1) is 11.7 Å². The van der Waals surface area contributed by atoms with Crippen molar-refractivity contribution in [3.05, 3.63) is 77.3 Å². The number of halogens is 2. The number of rotatable bonds is 11. The van der Waals surface area contributed by atoms with Crippen LogP contribution in [0.5, 0.6) is 5.75 Å². The van der Waals surface area contributed by atoms with Gasteiger partial charge < -0.3 is 19.9 Å². The number of thioether (sulfide) groups is 1. The summed E-state index contributed by atoms with van der Waals surface area (Å²) in [5.41, 5.74) is 0.879. The SMILES string of the molecule is C=CCn1c(SCC(=O)Nc2ccc(F)c(Cl)c2)nnc1C(NC(=O)c1ccc(OC)cc1)C(C)C. The van der Waals surface area contributed by atoms with Crippen LogP contribution >= 0.6 is 23.4 Å². The molecule has 2 N–H and O–H groups in total. The minimum absolute atomic E-state index is 0.00402. The zero-order chi connectivity index (χ0) is 26.2. The highest BCUT2D eigenvalue weighted by Gasteiger charge is 2.26. The van der Waals surface area contributed by atoms with E-state index in [2.05, 4.69) is 27.4 Å². The first-order valence-corrected chi connectivity index (χ1v) is 12.5. The summed E-state index contributed by atoms with van der Waals surface area (Å²) in [5, 5.41) is 14.7. The minimum Gasteiger partial charge on any atom is -0.497 e. The molecule has 0 saturated carbocycles. The van der Waals surface area contributed by atoms with Crippen LogP contribution in [0.1, 0.15) is 36.1 Å². The highest BCUT2D eigenvalue weighted by Crippen LogP contribution is 2.26. The van der Waals surface area contributed by atoms with E-state index in [-0.39, 0.29) is 28.5 Å². The Bertz CT molecular complexity index is 1230. The molecule has 0 saturated heterocycles. The van der Waals surface area contributed by atoms with Crippen LogP contribution in [0.2, 0.25) is 5.02 Å².